The van der Waals surface area contributed by atoms with Crippen molar-refractivity contribution in [3.05, 3.63) is 58.6 Å². The lowest BCUT2D eigenvalue weighted by atomic mass is 10.2. The second-order valence-electron chi connectivity index (χ2n) is 5.96. The Balaban J connectivity index is 1.46. The summed E-state index contributed by atoms with van der Waals surface area (Å²) in [5.41, 5.74) is 2.31. The fraction of sp³-hybridized carbons (Fsp3) is 0.316. The van der Waals surface area contributed by atoms with Gasteiger partial charge >= 0.3 is 0 Å². The van der Waals surface area contributed by atoms with Crippen molar-refractivity contribution in [3.63, 3.8) is 0 Å². The van der Waals surface area contributed by atoms with Gasteiger partial charge in [-0.05, 0) is 49.4 Å². The van der Waals surface area contributed by atoms with Gasteiger partial charge in [0.05, 0.1) is 6.54 Å². The van der Waals surface area contributed by atoms with Gasteiger partial charge in [0.25, 0.3) is 0 Å². The summed E-state index contributed by atoms with van der Waals surface area (Å²) in [5, 5.41) is 0. The lowest BCUT2D eigenvalue weighted by molar-refractivity contribution is -0.119. The van der Waals surface area contributed by atoms with Gasteiger partial charge in [0.1, 0.15) is 12.4 Å². The van der Waals surface area contributed by atoms with Crippen molar-refractivity contribution in [1.82, 2.24) is 4.90 Å². The zero-order chi connectivity index (χ0) is 16.9. The zero-order valence-electron chi connectivity index (χ0n) is 13.7. The van der Waals surface area contributed by atoms with Gasteiger partial charge in [0.15, 0.2) is 0 Å². The quantitative estimate of drug-likeness (QED) is 0.760. The van der Waals surface area contributed by atoms with E-state index in [1.807, 2.05) is 59.3 Å². The molecule has 0 aliphatic carbocycles. The third kappa shape index (κ3) is 4.16. The Morgan fingerprint density at radius 1 is 1.21 bits per heavy atom. The highest BCUT2D eigenvalue weighted by Gasteiger charge is 2.24. The van der Waals surface area contributed by atoms with Crippen LogP contribution in [0.4, 0.5) is 5.69 Å². The molecule has 0 spiro atoms. The molecule has 0 aromatic heterocycles. The number of likely N-dealkylation sites (N-methyl/N-ethyl adjacent to an activating group) is 1. The first-order valence-corrected chi connectivity index (χ1v) is 8.88. The molecular formula is C19H21BrN2O2. The first-order chi connectivity index (χ1) is 11.6. The number of halogens is 1. The molecule has 1 aliphatic heterocycles. The Labute approximate surface area is 151 Å². The highest BCUT2D eigenvalue weighted by atomic mass is 79.9. The highest BCUT2D eigenvalue weighted by Crippen LogP contribution is 2.27. The Morgan fingerprint density at radius 3 is 2.75 bits per heavy atom. The molecule has 0 N–H and O–H groups in total. The van der Waals surface area contributed by atoms with Crippen LogP contribution >= 0.6 is 15.9 Å². The number of hydrogen-bond acceptors (Lipinski definition) is 3. The van der Waals surface area contributed by atoms with E-state index in [0.29, 0.717) is 19.7 Å². The average Bonchev–Trinajstić information content (AvgIpc) is 3.01. The fourth-order valence-electron chi connectivity index (χ4n) is 2.84. The van der Waals surface area contributed by atoms with Crippen molar-refractivity contribution in [2.24, 2.45) is 0 Å². The number of hydrogen-bond donors (Lipinski definition) is 0. The van der Waals surface area contributed by atoms with E-state index >= 15 is 0 Å². The minimum Gasteiger partial charge on any atom is -0.492 e. The summed E-state index contributed by atoms with van der Waals surface area (Å²) in [7, 11) is 1.95. The first-order valence-electron chi connectivity index (χ1n) is 8.08. The van der Waals surface area contributed by atoms with Gasteiger partial charge < -0.3 is 9.64 Å². The topological polar surface area (TPSA) is 32.8 Å². The number of carbonyl (C=O) groups is 1. The molecule has 4 nitrogen and oxygen atoms in total. The molecule has 0 bridgehead atoms. The summed E-state index contributed by atoms with van der Waals surface area (Å²) >= 11 is 3.40. The van der Waals surface area contributed by atoms with Gasteiger partial charge in [0.2, 0.25) is 5.91 Å². The van der Waals surface area contributed by atoms with Crippen LogP contribution in [0.3, 0.4) is 0 Å². The maximum atomic E-state index is 12.5. The fourth-order valence-corrected chi connectivity index (χ4v) is 3.11. The third-order valence-electron chi connectivity index (χ3n) is 4.15. The van der Waals surface area contributed by atoms with Crippen LogP contribution in [-0.4, -0.2) is 44.1 Å². The van der Waals surface area contributed by atoms with Crippen LogP contribution < -0.4 is 9.64 Å². The first kappa shape index (κ1) is 17.0. The van der Waals surface area contributed by atoms with E-state index in [1.54, 1.807) is 0 Å². The number of fused-ring (bicyclic) bond motifs is 1. The van der Waals surface area contributed by atoms with Crippen molar-refractivity contribution in [1.29, 1.82) is 0 Å². The molecular weight excluding hydrogens is 368 g/mol. The van der Waals surface area contributed by atoms with Crippen LogP contribution in [-0.2, 0) is 11.2 Å². The van der Waals surface area contributed by atoms with Crippen LogP contribution in [0, 0.1) is 0 Å². The molecule has 5 heteroatoms. The molecule has 1 aliphatic rings. The largest absolute Gasteiger partial charge is 0.492 e. The van der Waals surface area contributed by atoms with Gasteiger partial charge in [-0.3, -0.25) is 9.69 Å². The lowest BCUT2D eigenvalue weighted by Crippen LogP contribution is -2.39. The van der Waals surface area contributed by atoms with Crippen molar-refractivity contribution in [2.75, 3.05) is 38.2 Å². The van der Waals surface area contributed by atoms with Gasteiger partial charge in [-0.1, -0.05) is 34.1 Å². The van der Waals surface area contributed by atoms with Crippen LogP contribution in [0.2, 0.25) is 0 Å². The normalized spacial score (nSPS) is 13.2. The zero-order valence-corrected chi connectivity index (χ0v) is 15.3. The van der Waals surface area contributed by atoms with Crippen molar-refractivity contribution in [2.45, 2.75) is 6.42 Å². The minimum absolute atomic E-state index is 0.145. The maximum Gasteiger partial charge on any atom is 0.241 e. The summed E-state index contributed by atoms with van der Waals surface area (Å²) in [4.78, 5) is 16.4. The Morgan fingerprint density at radius 2 is 1.96 bits per heavy atom. The standard InChI is InChI=1S/C19H21BrN2O2/c1-21(12-13-24-17-8-6-16(20)7-9-17)14-19(23)22-11-10-15-4-2-3-5-18(15)22/h2-9H,10-14H2,1H3. The molecule has 0 fully saturated rings. The van der Waals surface area contributed by atoms with Crippen molar-refractivity contribution >= 4 is 27.5 Å². The van der Waals surface area contributed by atoms with E-state index in [1.165, 1.54) is 5.56 Å². The predicted molar refractivity (Wildman–Crippen MR) is 99.6 cm³/mol. The number of nitrogens with zero attached hydrogens (tertiary/aromatic N) is 2. The highest BCUT2D eigenvalue weighted by molar-refractivity contribution is 9.10. The molecule has 0 unspecified atom stereocenters. The number of ether oxygens (including phenoxy) is 1. The number of carbonyl (C=O) groups excluding carboxylic acids is 1. The molecule has 24 heavy (non-hydrogen) atoms. The van der Waals surface area contributed by atoms with E-state index in [4.69, 9.17) is 4.74 Å². The van der Waals surface area contributed by atoms with Gasteiger partial charge in [0, 0.05) is 23.2 Å². The Bertz CT molecular complexity index is 703. The van der Waals surface area contributed by atoms with Crippen molar-refractivity contribution < 1.29 is 9.53 Å². The molecule has 126 valence electrons. The summed E-state index contributed by atoms with van der Waals surface area (Å²) in [6.07, 6.45) is 0.943. The molecule has 1 heterocycles. The number of benzene rings is 2. The molecule has 0 saturated carbocycles. The van der Waals surface area contributed by atoms with Crippen molar-refractivity contribution in [3.8, 4) is 5.75 Å². The molecule has 0 atom stereocenters. The number of rotatable bonds is 6. The van der Waals surface area contributed by atoms with Crippen LogP contribution in [0.5, 0.6) is 5.75 Å². The van der Waals surface area contributed by atoms with Crippen LogP contribution in [0.1, 0.15) is 5.56 Å². The summed E-state index contributed by atoms with van der Waals surface area (Å²) < 4.78 is 6.74. The summed E-state index contributed by atoms with van der Waals surface area (Å²) in [6.45, 7) is 2.44. The summed E-state index contributed by atoms with van der Waals surface area (Å²) in [6, 6.07) is 15.9. The van der Waals surface area contributed by atoms with Gasteiger partial charge in [-0.25, -0.2) is 0 Å². The maximum absolute atomic E-state index is 12.5. The van der Waals surface area contributed by atoms with E-state index in [2.05, 4.69) is 22.0 Å². The molecule has 3 rings (SSSR count). The molecule has 2 aromatic rings. The minimum atomic E-state index is 0.145. The van der Waals surface area contributed by atoms with E-state index < -0.39 is 0 Å². The van der Waals surface area contributed by atoms with E-state index in [-0.39, 0.29) is 5.91 Å². The van der Waals surface area contributed by atoms with Crippen LogP contribution in [0.15, 0.2) is 53.0 Å². The van der Waals surface area contributed by atoms with E-state index in [9.17, 15) is 4.79 Å². The third-order valence-corrected chi connectivity index (χ3v) is 4.68. The van der Waals surface area contributed by atoms with Gasteiger partial charge in [-0.15, -0.1) is 0 Å². The monoisotopic (exact) mass is 388 g/mol. The Kier molecular flexibility index (Phi) is 5.53. The number of para-hydroxylation sites is 1. The predicted octanol–water partition coefficient (Wildman–Crippen LogP) is 3.35. The second-order valence-corrected chi connectivity index (χ2v) is 6.88. The van der Waals surface area contributed by atoms with Gasteiger partial charge in [-0.2, -0.15) is 0 Å². The molecule has 2 aromatic carbocycles. The van der Waals surface area contributed by atoms with E-state index in [0.717, 1.165) is 28.9 Å². The Hall–Kier alpha value is -1.85. The summed E-state index contributed by atoms with van der Waals surface area (Å²) in [5.74, 6) is 0.984. The second kappa shape index (κ2) is 7.81. The average molecular weight is 389 g/mol. The molecule has 0 saturated heterocycles. The smallest absolute Gasteiger partial charge is 0.241 e. The number of amides is 1. The lowest BCUT2D eigenvalue weighted by Gasteiger charge is -2.22. The SMILES string of the molecule is CN(CCOc1ccc(Br)cc1)CC(=O)N1CCc2ccccc21. The molecule has 0 radical (unpaired) electrons. The molecule has 1 amide bonds. The van der Waals surface area contributed by atoms with Crippen LogP contribution in [0.25, 0.3) is 0 Å². The number of anilines is 1.